The van der Waals surface area contributed by atoms with Gasteiger partial charge in [0.15, 0.2) is 16.6 Å². The number of anilines is 1. The maximum Gasteiger partial charge on any atom is 0.387 e. The van der Waals surface area contributed by atoms with Crippen LogP contribution < -0.4 is 14.8 Å². The van der Waals surface area contributed by atoms with Crippen LogP contribution in [-0.2, 0) is 11.3 Å². The Kier molecular flexibility index (Phi) is 7.85. The van der Waals surface area contributed by atoms with E-state index >= 15 is 0 Å². The Labute approximate surface area is 191 Å². The van der Waals surface area contributed by atoms with Crippen molar-refractivity contribution < 1.29 is 28.0 Å². The molecule has 174 valence electrons. The molecule has 0 atom stereocenters. The molecule has 0 radical (unpaired) electrons. The molecule has 0 spiro atoms. The summed E-state index contributed by atoms with van der Waals surface area (Å²) in [5.41, 5.74) is 1.79. The van der Waals surface area contributed by atoms with Crippen LogP contribution >= 0.6 is 11.3 Å². The number of nitrogens with one attached hydrogen (secondary N) is 1. The molecule has 0 aliphatic heterocycles. The molecule has 33 heavy (non-hydrogen) atoms. The van der Waals surface area contributed by atoms with Crippen molar-refractivity contribution in [1.29, 1.82) is 0 Å². The smallest absolute Gasteiger partial charge is 0.387 e. The lowest BCUT2D eigenvalue weighted by molar-refractivity contribution is -0.384. The van der Waals surface area contributed by atoms with E-state index in [9.17, 15) is 23.7 Å². The number of amides is 1. The highest BCUT2D eigenvalue weighted by Gasteiger charge is 2.15. The Balaban J connectivity index is 1.58. The highest BCUT2D eigenvalue weighted by molar-refractivity contribution is 7.14. The summed E-state index contributed by atoms with van der Waals surface area (Å²) in [7, 11) is 3.08. The van der Waals surface area contributed by atoms with E-state index in [0.717, 1.165) is 5.56 Å². The van der Waals surface area contributed by atoms with Crippen molar-refractivity contribution in [3.63, 3.8) is 0 Å². The Hall–Kier alpha value is -3.64. The molecule has 0 bridgehead atoms. The number of nitro benzene ring substituents is 1. The normalized spacial score (nSPS) is 11.0. The molecule has 3 rings (SSSR count). The highest BCUT2D eigenvalue weighted by Crippen LogP contribution is 2.30. The van der Waals surface area contributed by atoms with Gasteiger partial charge in [0.1, 0.15) is 0 Å². The number of hydrogen-bond acceptors (Lipinski definition) is 8. The number of methoxy groups -OCH3 is 1. The zero-order valence-electron chi connectivity index (χ0n) is 17.7. The maximum atomic E-state index is 12.5. The minimum atomic E-state index is -2.96. The minimum Gasteiger partial charge on any atom is -0.493 e. The maximum absolute atomic E-state index is 12.5. The lowest BCUT2D eigenvalue weighted by Crippen LogP contribution is -2.29. The number of rotatable bonds is 10. The summed E-state index contributed by atoms with van der Waals surface area (Å²) in [5.74, 6) is -0.204. The van der Waals surface area contributed by atoms with Gasteiger partial charge in [-0.3, -0.25) is 19.8 Å². The van der Waals surface area contributed by atoms with Crippen LogP contribution in [0.15, 0.2) is 47.8 Å². The highest BCUT2D eigenvalue weighted by atomic mass is 32.1. The van der Waals surface area contributed by atoms with Crippen LogP contribution in [0.2, 0.25) is 0 Å². The first-order valence-electron chi connectivity index (χ1n) is 9.55. The van der Waals surface area contributed by atoms with Gasteiger partial charge in [0.2, 0.25) is 5.91 Å². The molecule has 0 unspecified atom stereocenters. The van der Waals surface area contributed by atoms with Crippen LogP contribution in [0.1, 0.15) is 5.56 Å². The molecule has 1 N–H and O–H groups in total. The van der Waals surface area contributed by atoms with Crippen molar-refractivity contribution in [2.75, 3.05) is 26.0 Å². The lowest BCUT2D eigenvalue weighted by Gasteiger charge is -2.17. The number of hydrogen-bond donors (Lipinski definition) is 1. The van der Waals surface area contributed by atoms with E-state index in [0.29, 0.717) is 22.9 Å². The Bertz CT molecular complexity index is 1140. The third-order valence-corrected chi connectivity index (χ3v) is 5.17. The topological polar surface area (TPSA) is 107 Å². The van der Waals surface area contributed by atoms with E-state index in [1.54, 1.807) is 41.6 Å². The van der Waals surface area contributed by atoms with Crippen molar-refractivity contribution in [2.24, 2.45) is 0 Å². The zero-order valence-corrected chi connectivity index (χ0v) is 18.5. The number of thiazole rings is 1. The summed E-state index contributed by atoms with van der Waals surface area (Å²) in [6.45, 7) is -2.56. The van der Waals surface area contributed by atoms with Crippen molar-refractivity contribution in [2.45, 2.75) is 13.2 Å². The van der Waals surface area contributed by atoms with E-state index in [1.165, 1.54) is 36.6 Å². The number of benzene rings is 2. The van der Waals surface area contributed by atoms with Gasteiger partial charge in [-0.2, -0.15) is 8.78 Å². The lowest BCUT2D eigenvalue weighted by atomic mass is 10.1. The monoisotopic (exact) mass is 478 g/mol. The molecule has 0 aliphatic rings. The minimum absolute atomic E-state index is 0.0434. The molecule has 1 aromatic heterocycles. The SMILES string of the molecule is COc1cc(CN(C)CC(=O)Nc2nc(-c3cccc([N+](=O)[O-])c3)cs2)ccc1OC(F)F. The number of non-ortho nitro benzene ring substituents is 1. The number of nitrogens with zero attached hydrogens (tertiary/aromatic N) is 3. The van der Waals surface area contributed by atoms with Crippen LogP contribution in [0.5, 0.6) is 11.5 Å². The molecule has 1 amide bonds. The van der Waals surface area contributed by atoms with Gasteiger partial charge in [0, 0.05) is 29.6 Å². The predicted molar refractivity (Wildman–Crippen MR) is 119 cm³/mol. The molecule has 1 heterocycles. The second kappa shape index (κ2) is 10.8. The standard InChI is InChI=1S/C21H20F2N4O5S/c1-26(10-13-6-7-17(32-20(22)23)18(8-13)31-2)11-19(28)25-21-24-16(12-33-21)14-4-3-5-15(9-14)27(29)30/h3-9,12,20H,10-11H2,1-2H3,(H,24,25,28). The third kappa shape index (κ3) is 6.67. The number of likely N-dealkylation sites (N-methyl/N-ethyl adjacent to an activating group) is 1. The molecule has 0 saturated carbocycles. The second-order valence-corrected chi connectivity index (χ2v) is 7.79. The van der Waals surface area contributed by atoms with Crippen LogP contribution in [0, 0.1) is 10.1 Å². The van der Waals surface area contributed by atoms with Crippen LogP contribution in [0.25, 0.3) is 11.3 Å². The van der Waals surface area contributed by atoms with Crippen molar-refractivity contribution in [1.82, 2.24) is 9.88 Å². The average Bonchev–Trinajstić information content (AvgIpc) is 3.22. The Morgan fingerprint density at radius 1 is 1.27 bits per heavy atom. The summed E-state index contributed by atoms with van der Waals surface area (Å²) >= 11 is 1.21. The van der Waals surface area contributed by atoms with E-state index in [-0.39, 0.29) is 29.6 Å². The van der Waals surface area contributed by atoms with Gasteiger partial charge in [-0.1, -0.05) is 18.2 Å². The Morgan fingerprint density at radius 3 is 2.76 bits per heavy atom. The number of halogens is 2. The number of carbonyl (C=O) groups excluding carboxylic acids is 1. The van der Waals surface area contributed by atoms with Crippen molar-refractivity contribution in [3.05, 3.63) is 63.5 Å². The van der Waals surface area contributed by atoms with Gasteiger partial charge in [-0.05, 0) is 24.7 Å². The van der Waals surface area contributed by atoms with Gasteiger partial charge in [-0.15, -0.1) is 11.3 Å². The fraction of sp³-hybridized carbons (Fsp3) is 0.238. The molecule has 12 heteroatoms. The Morgan fingerprint density at radius 2 is 2.06 bits per heavy atom. The van der Waals surface area contributed by atoms with E-state index < -0.39 is 11.5 Å². The van der Waals surface area contributed by atoms with Gasteiger partial charge in [0.05, 0.1) is 24.3 Å². The molecule has 9 nitrogen and oxygen atoms in total. The van der Waals surface area contributed by atoms with Crippen LogP contribution in [0.3, 0.4) is 0 Å². The van der Waals surface area contributed by atoms with Crippen molar-refractivity contribution >= 4 is 28.1 Å². The van der Waals surface area contributed by atoms with Gasteiger partial charge in [-0.25, -0.2) is 4.98 Å². The predicted octanol–water partition coefficient (Wildman–Crippen LogP) is 4.40. The van der Waals surface area contributed by atoms with E-state index in [1.807, 2.05) is 0 Å². The second-order valence-electron chi connectivity index (χ2n) is 6.93. The van der Waals surface area contributed by atoms with Crippen molar-refractivity contribution in [3.8, 4) is 22.8 Å². The number of alkyl halides is 2. The summed E-state index contributed by atoms with van der Waals surface area (Å²) in [4.78, 5) is 28.9. The molecule has 0 fully saturated rings. The number of nitro groups is 1. The fourth-order valence-corrected chi connectivity index (χ4v) is 3.75. The molecule has 0 aliphatic carbocycles. The first-order valence-corrected chi connectivity index (χ1v) is 10.4. The van der Waals surface area contributed by atoms with Crippen LogP contribution in [0.4, 0.5) is 19.6 Å². The third-order valence-electron chi connectivity index (χ3n) is 4.41. The van der Waals surface area contributed by atoms with Gasteiger partial charge >= 0.3 is 6.61 Å². The zero-order chi connectivity index (χ0) is 24.0. The number of carbonyl (C=O) groups is 1. The largest absolute Gasteiger partial charge is 0.493 e. The summed E-state index contributed by atoms with van der Waals surface area (Å²) in [6.07, 6.45) is 0. The van der Waals surface area contributed by atoms with Gasteiger partial charge < -0.3 is 14.8 Å². The molecular weight excluding hydrogens is 458 g/mol. The molecular formula is C21H20F2N4O5S. The van der Waals surface area contributed by atoms with E-state index in [4.69, 9.17) is 4.74 Å². The first kappa shape index (κ1) is 24.0. The first-order chi connectivity index (χ1) is 15.7. The van der Waals surface area contributed by atoms with Gasteiger partial charge in [0.25, 0.3) is 5.69 Å². The van der Waals surface area contributed by atoms with E-state index in [2.05, 4.69) is 15.0 Å². The summed E-state index contributed by atoms with van der Waals surface area (Å²) in [5, 5.41) is 15.7. The summed E-state index contributed by atoms with van der Waals surface area (Å²) in [6, 6.07) is 10.6. The quantitative estimate of drug-likeness (QED) is 0.340. The molecule has 0 saturated heterocycles. The average molecular weight is 478 g/mol. The number of aromatic nitrogens is 1. The summed E-state index contributed by atoms with van der Waals surface area (Å²) < 4.78 is 34.4. The molecule has 3 aromatic rings. The molecule has 2 aromatic carbocycles. The fourth-order valence-electron chi connectivity index (χ4n) is 3.02. The van der Waals surface area contributed by atoms with Crippen LogP contribution in [-0.4, -0.2) is 48.0 Å². The number of ether oxygens (including phenoxy) is 2.